The van der Waals surface area contributed by atoms with Crippen LogP contribution in [0.25, 0.3) is 10.9 Å². The van der Waals surface area contributed by atoms with Crippen LogP contribution < -0.4 is 10.1 Å². The SMILES string of the molecule is COc1cc2c(Cc3ccc(NC(C)=O)cc3F)ccnc2cc1C. The number of halogens is 1. The van der Waals surface area contributed by atoms with Crippen LogP contribution in [0.5, 0.6) is 5.75 Å². The first kappa shape index (κ1) is 16.9. The molecular formula is C20H19FN2O2. The summed E-state index contributed by atoms with van der Waals surface area (Å²) in [5.41, 5.74) is 3.83. The smallest absolute Gasteiger partial charge is 0.221 e. The predicted octanol–water partition coefficient (Wildman–Crippen LogP) is 4.24. The molecule has 0 radical (unpaired) electrons. The van der Waals surface area contributed by atoms with E-state index in [1.807, 2.05) is 25.1 Å². The number of carbonyl (C=O) groups excluding carboxylic acids is 1. The highest BCUT2D eigenvalue weighted by molar-refractivity contribution is 5.88. The molecule has 0 fully saturated rings. The number of hydrogen-bond acceptors (Lipinski definition) is 3. The van der Waals surface area contributed by atoms with Gasteiger partial charge in [-0.25, -0.2) is 4.39 Å². The maximum atomic E-state index is 14.4. The average Bonchev–Trinajstić information content (AvgIpc) is 2.56. The Bertz CT molecular complexity index is 954. The molecule has 0 aliphatic carbocycles. The minimum atomic E-state index is -0.352. The first-order valence-corrected chi connectivity index (χ1v) is 7.96. The maximum Gasteiger partial charge on any atom is 0.221 e. The summed E-state index contributed by atoms with van der Waals surface area (Å²) in [4.78, 5) is 15.5. The largest absolute Gasteiger partial charge is 0.496 e. The third kappa shape index (κ3) is 3.60. The van der Waals surface area contributed by atoms with Crippen molar-refractivity contribution in [3.63, 3.8) is 0 Å². The lowest BCUT2D eigenvalue weighted by molar-refractivity contribution is -0.114. The summed E-state index contributed by atoms with van der Waals surface area (Å²) in [6, 6.07) is 10.5. The highest BCUT2D eigenvalue weighted by atomic mass is 19.1. The van der Waals surface area contributed by atoms with Crippen molar-refractivity contribution in [2.75, 3.05) is 12.4 Å². The fourth-order valence-electron chi connectivity index (χ4n) is 2.89. The Labute approximate surface area is 145 Å². The molecule has 0 aliphatic rings. The second-order valence-corrected chi connectivity index (χ2v) is 5.97. The lowest BCUT2D eigenvalue weighted by atomic mass is 9.99. The highest BCUT2D eigenvalue weighted by Gasteiger charge is 2.10. The van der Waals surface area contributed by atoms with E-state index < -0.39 is 0 Å². The molecule has 3 rings (SSSR count). The van der Waals surface area contributed by atoms with Crippen LogP contribution in [0.2, 0.25) is 0 Å². The third-order valence-corrected chi connectivity index (χ3v) is 4.10. The molecule has 0 atom stereocenters. The van der Waals surface area contributed by atoms with Gasteiger partial charge < -0.3 is 10.1 Å². The van der Waals surface area contributed by atoms with E-state index in [2.05, 4.69) is 10.3 Å². The van der Waals surface area contributed by atoms with E-state index in [0.717, 1.165) is 27.8 Å². The first-order valence-electron chi connectivity index (χ1n) is 7.96. The van der Waals surface area contributed by atoms with Gasteiger partial charge in [0.25, 0.3) is 0 Å². The number of nitrogens with one attached hydrogen (secondary N) is 1. The summed E-state index contributed by atoms with van der Waals surface area (Å²) in [6.45, 7) is 3.36. The van der Waals surface area contributed by atoms with Crippen molar-refractivity contribution in [3.8, 4) is 5.75 Å². The molecule has 0 saturated carbocycles. The number of ether oxygens (including phenoxy) is 1. The molecule has 0 unspecified atom stereocenters. The molecule has 25 heavy (non-hydrogen) atoms. The predicted molar refractivity (Wildman–Crippen MR) is 96.5 cm³/mol. The van der Waals surface area contributed by atoms with Crippen molar-refractivity contribution in [1.82, 2.24) is 4.98 Å². The molecule has 1 aromatic heterocycles. The Morgan fingerprint density at radius 2 is 2.00 bits per heavy atom. The summed E-state index contributed by atoms with van der Waals surface area (Å²) in [6.07, 6.45) is 2.16. The van der Waals surface area contributed by atoms with E-state index in [9.17, 15) is 9.18 Å². The van der Waals surface area contributed by atoms with Gasteiger partial charge in [-0.2, -0.15) is 0 Å². The van der Waals surface area contributed by atoms with E-state index in [1.54, 1.807) is 25.4 Å². The van der Waals surface area contributed by atoms with E-state index in [1.165, 1.54) is 13.0 Å². The van der Waals surface area contributed by atoms with Crippen LogP contribution in [-0.2, 0) is 11.2 Å². The number of nitrogens with zero attached hydrogens (tertiary/aromatic N) is 1. The molecule has 0 aliphatic heterocycles. The van der Waals surface area contributed by atoms with Gasteiger partial charge in [0, 0.05) is 30.6 Å². The number of benzene rings is 2. The van der Waals surface area contributed by atoms with Gasteiger partial charge in [-0.15, -0.1) is 0 Å². The summed E-state index contributed by atoms with van der Waals surface area (Å²) in [5, 5.41) is 3.52. The van der Waals surface area contributed by atoms with Crippen LogP contribution >= 0.6 is 0 Å². The molecule has 0 spiro atoms. The Hall–Kier alpha value is -2.95. The Morgan fingerprint density at radius 1 is 1.20 bits per heavy atom. The highest BCUT2D eigenvalue weighted by Crippen LogP contribution is 2.28. The zero-order valence-corrected chi connectivity index (χ0v) is 14.4. The topological polar surface area (TPSA) is 51.2 Å². The van der Waals surface area contributed by atoms with Crippen molar-refractivity contribution in [3.05, 3.63) is 65.1 Å². The molecule has 0 saturated heterocycles. The fourth-order valence-corrected chi connectivity index (χ4v) is 2.89. The van der Waals surface area contributed by atoms with Crippen LogP contribution in [0.1, 0.15) is 23.6 Å². The number of methoxy groups -OCH3 is 1. The quantitative estimate of drug-likeness (QED) is 0.774. The number of aryl methyl sites for hydroxylation is 1. The van der Waals surface area contributed by atoms with Crippen LogP contribution in [0, 0.1) is 12.7 Å². The molecule has 5 heteroatoms. The molecular weight excluding hydrogens is 319 g/mol. The van der Waals surface area contributed by atoms with Crippen LogP contribution in [0.15, 0.2) is 42.6 Å². The van der Waals surface area contributed by atoms with Crippen LogP contribution in [-0.4, -0.2) is 18.0 Å². The molecule has 128 valence electrons. The van der Waals surface area contributed by atoms with Gasteiger partial charge >= 0.3 is 0 Å². The zero-order chi connectivity index (χ0) is 18.0. The monoisotopic (exact) mass is 338 g/mol. The molecule has 3 aromatic rings. The minimum absolute atomic E-state index is 0.227. The van der Waals surface area contributed by atoms with Gasteiger partial charge in [-0.1, -0.05) is 6.07 Å². The molecule has 4 nitrogen and oxygen atoms in total. The lowest BCUT2D eigenvalue weighted by Crippen LogP contribution is -2.06. The van der Waals surface area contributed by atoms with Gasteiger partial charge in [0.2, 0.25) is 5.91 Å². The van der Waals surface area contributed by atoms with Gasteiger partial charge in [0.05, 0.1) is 12.6 Å². The number of pyridine rings is 1. The summed E-state index contributed by atoms with van der Waals surface area (Å²) < 4.78 is 19.8. The Balaban J connectivity index is 1.99. The summed E-state index contributed by atoms with van der Waals surface area (Å²) in [7, 11) is 1.63. The van der Waals surface area contributed by atoms with Gasteiger partial charge in [-0.05, 0) is 53.9 Å². The van der Waals surface area contributed by atoms with Crippen LogP contribution in [0.4, 0.5) is 10.1 Å². The van der Waals surface area contributed by atoms with Crippen molar-refractivity contribution in [1.29, 1.82) is 0 Å². The number of aromatic nitrogens is 1. The Morgan fingerprint density at radius 3 is 2.68 bits per heavy atom. The second kappa shape index (κ2) is 6.89. The molecule has 2 aromatic carbocycles. The van der Waals surface area contributed by atoms with Gasteiger partial charge in [-0.3, -0.25) is 9.78 Å². The molecule has 1 amide bonds. The van der Waals surface area contributed by atoms with E-state index in [4.69, 9.17) is 4.74 Å². The number of fused-ring (bicyclic) bond motifs is 1. The number of rotatable bonds is 4. The number of anilines is 1. The molecule has 1 heterocycles. The lowest BCUT2D eigenvalue weighted by Gasteiger charge is -2.11. The van der Waals surface area contributed by atoms with E-state index in [-0.39, 0.29) is 11.7 Å². The number of carbonyl (C=O) groups is 1. The third-order valence-electron chi connectivity index (χ3n) is 4.10. The zero-order valence-electron chi connectivity index (χ0n) is 14.4. The van der Waals surface area contributed by atoms with Crippen molar-refractivity contribution >= 4 is 22.5 Å². The van der Waals surface area contributed by atoms with E-state index in [0.29, 0.717) is 17.7 Å². The fraction of sp³-hybridized carbons (Fsp3) is 0.200. The standard InChI is InChI=1S/C20H19FN2O2/c1-12-8-19-17(11-20(12)25-3)14(6-7-22-19)9-15-4-5-16(10-18(15)21)23-13(2)24/h4-8,10-11H,9H2,1-3H3,(H,23,24). The van der Waals surface area contributed by atoms with Crippen molar-refractivity contribution < 1.29 is 13.9 Å². The molecule has 0 bridgehead atoms. The van der Waals surface area contributed by atoms with Crippen molar-refractivity contribution in [2.24, 2.45) is 0 Å². The minimum Gasteiger partial charge on any atom is -0.496 e. The second-order valence-electron chi connectivity index (χ2n) is 5.97. The number of hydrogen-bond donors (Lipinski definition) is 1. The number of amides is 1. The summed E-state index contributed by atoms with van der Waals surface area (Å²) in [5.74, 6) is 0.202. The van der Waals surface area contributed by atoms with Gasteiger partial charge in [0.1, 0.15) is 11.6 Å². The van der Waals surface area contributed by atoms with Crippen LogP contribution in [0.3, 0.4) is 0 Å². The Kier molecular flexibility index (Phi) is 4.65. The first-order chi connectivity index (χ1) is 12.0. The maximum absolute atomic E-state index is 14.4. The van der Waals surface area contributed by atoms with Gasteiger partial charge in [0.15, 0.2) is 0 Å². The molecule has 1 N–H and O–H groups in total. The summed E-state index contributed by atoms with van der Waals surface area (Å²) >= 11 is 0. The average molecular weight is 338 g/mol. The van der Waals surface area contributed by atoms with E-state index >= 15 is 0 Å². The normalized spacial score (nSPS) is 10.7. The van der Waals surface area contributed by atoms with Crippen molar-refractivity contribution in [2.45, 2.75) is 20.3 Å².